The van der Waals surface area contributed by atoms with E-state index in [4.69, 9.17) is 9.66 Å². The fraction of sp³-hybridized carbons (Fsp3) is 0.800. The van der Waals surface area contributed by atoms with Gasteiger partial charge in [0, 0.05) is 5.75 Å². The van der Waals surface area contributed by atoms with E-state index in [-0.39, 0.29) is 5.75 Å². The molecule has 0 saturated heterocycles. The highest BCUT2D eigenvalue weighted by Gasteiger charge is 1.81. The van der Waals surface area contributed by atoms with E-state index in [2.05, 4.69) is 19.6 Å². The molecule has 0 fully saturated rings. The minimum absolute atomic E-state index is 0.0833. The van der Waals surface area contributed by atoms with Crippen LogP contribution in [0, 0.1) is 0 Å². The van der Waals surface area contributed by atoms with Crippen LogP contribution in [-0.4, -0.2) is 27.1 Å². The summed E-state index contributed by atoms with van der Waals surface area (Å²) in [4.78, 5) is 9.29. The third-order valence-corrected chi connectivity index (χ3v) is 2.24. The zero-order valence-electron chi connectivity index (χ0n) is 6.19. The predicted octanol–water partition coefficient (Wildman–Crippen LogP) is 2.25. The summed E-state index contributed by atoms with van der Waals surface area (Å²) in [5, 5.41) is 7.65. The second-order valence-electron chi connectivity index (χ2n) is 1.45. The second-order valence-corrected chi connectivity index (χ2v) is 3.71. The van der Waals surface area contributed by atoms with E-state index in [9.17, 15) is 4.79 Å². The summed E-state index contributed by atoms with van der Waals surface area (Å²) in [6.45, 7) is 2.09. The van der Waals surface area contributed by atoms with Gasteiger partial charge in [-0.15, -0.1) is 0 Å². The molecule has 68 valence electrons. The Morgan fingerprint density at radius 1 is 1.64 bits per heavy atom. The number of carboxylic acids is 1. The van der Waals surface area contributed by atoms with Crippen LogP contribution in [0.1, 0.15) is 13.3 Å². The monoisotopic (exact) mass is 216 g/mol. The fourth-order valence-electron chi connectivity index (χ4n) is 0.121. The average molecular weight is 216 g/mol. The van der Waals surface area contributed by atoms with Crippen molar-refractivity contribution in [2.75, 3.05) is 11.5 Å². The van der Waals surface area contributed by atoms with Crippen molar-refractivity contribution in [2.24, 2.45) is 0 Å². The summed E-state index contributed by atoms with van der Waals surface area (Å²) >= 11 is 4.26. The first-order chi connectivity index (χ1) is 5.18. The molecule has 0 aromatic rings. The Bertz CT molecular complexity index is 85.0. The normalized spacial score (nSPS) is 8.27. The van der Waals surface area contributed by atoms with E-state index in [0.717, 1.165) is 23.2 Å². The molecule has 11 heavy (non-hydrogen) atoms. The Morgan fingerprint density at radius 2 is 2.09 bits per heavy atom. The Balaban J connectivity index is 0. The molecule has 0 amide bonds. The first-order valence-corrected chi connectivity index (χ1v) is 5.85. The van der Waals surface area contributed by atoms with Crippen molar-refractivity contribution in [1.29, 1.82) is 0 Å². The maximum atomic E-state index is 9.29. The molecule has 0 aliphatic carbocycles. The molecule has 0 unspecified atom stereocenters. The summed E-state index contributed by atoms with van der Waals surface area (Å²) in [5.74, 6) is 0.0783. The summed E-state index contributed by atoms with van der Waals surface area (Å²) in [6, 6.07) is 0. The van der Waals surface area contributed by atoms with Gasteiger partial charge in [0.2, 0.25) is 0 Å². The van der Waals surface area contributed by atoms with Gasteiger partial charge in [-0.2, -0.15) is 12.6 Å². The molecule has 0 aromatic carbocycles. The topological polar surface area (TPSA) is 57.5 Å². The Labute approximate surface area is 80.0 Å². The van der Waals surface area contributed by atoms with Gasteiger partial charge in [0.15, 0.2) is 0 Å². The lowest BCUT2D eigenvalue weighted by Gasteiger charge is -1.84. The van der Waals surface area contributed by atoms with Crippen LogP contribution >= 0.6 is 34.5 Å². The minimum Gasteiger partial charge on any atom is -0.481 e. The van der Waals surface area contributed by atoms with Crippen LogP contribution in [0.25, 0.3) is 0 Å². The molecule has 0 heterocycles. The fourth-order valence-corrected chi connectivity index (χ4v) is 1.09. The number of hydrogen-bond donors (Lipinski definition) is 3. The molecule has 0 bridgehead atoms. The van der Waals surface area contributed by atoms with E-state index in [1.54, 1.807) is 0 Å². The highest BCUT2D eigenvalue weighted by Crippen LogP contribution is 2.15. The van der Waals surface area contributed by atoms with Crippen molar-refractivity contribution in [3.05, 3.63) is 0 Å². The lowest BCUT2D eigenvalue weighted by molar-refractivity contribution is -0.133. The van der Waals surface area contributed by atoms with Crippen molar-refractivity contribution in [1.82, 2.24) is 0 Å². The molecular formula is C5H12O3S3. The maximum Gasteiger partial charge on any atom is 0.313 e. The number of thiol groups is 1. The third-order valence-electron chi connectivity index (χ3n) is 0.475. The molecule has 6 heteroatoms. The number of hydrogen-bond acceptors (Lipinski definition) is 5. The van der Waals surface area contributed by atoms with Gasteiger partial charge in [0.05, 0.1) is 16.8 Å². The van der Waals surface area contributed by atoms with Crippen molar-refractivity contribution >= 4 is 40.5 Å². The summed E-state index contributed by atoms with van der Waals surface area (Å²) in [7, 11) is 1.48. The minimum atomic E-state index is -0.881. The number of carbonyl (C=O) groups is 1. The summed E-state index contributed by atoms with van der Waals surface area (Å²) < 4.78 is 8.08. The molecule has 0 aliphatic heterocycles. The molecule has 0 radical (unpaired) electrons. The smallest absolute Gasteiger partial charge is 0.313 e. The zero-order valence-corrected chi connectivity index (χ0v) is 8.72. The quantitative estimate of drug-likeness (QED) is 0.291. The molecular weight excluding hydrogens is 204 g/mol. The Kier molecular flexibility index (Phi) is 16.7. The molecule has 0 rings (SSSR count). The van der Waals surface area contributed by atoms with E-state index in [1.807, 2.05) is 0 Å². The third kappa shape index (κ3) is 25.1. The highest BCUT2D eigenvalue weighted by atomic mass is 33.1. The molecule has 0 saturated carbocycles. The van der Waals surface area contributed by atoms with Gasteiger partial charge >= 0.3 is 5.97 Å². The standard InChI is InChI=1S/C3H8OS2.C2H4O2S/c1-2-3-5-6-4;3-2(4)1-5/h4H,2-3H2,1H3;5H,1H2,(H,3,4). The van der Waals surface area contributed by atoms with E-state index < -0.39 is 5.97 Å². The zero-order chi connectivity index (χ0) is 9.11. The molecule has 0 spiro atoms. The van der Waals surface area contributed by atoms with Crippen molar-refractivity contribution in [3.63, 3.8) is 0 Å². The van der Waals surface area contributed by atoms with Crippen LogP contribution < -0.4 is 0 Å². The summed E-state index contributed by atoms with van der Waals surface area (Å²) in [6.07, 6.45) is 1.14. The van der Waals surface area contributed by atoms with Crippen LogP contribution in [0.5, 0.6) is 0 Å². The van der Waals surface area contributed by atoms with Crippen LogP contribution in [0.15, 0.2) is 0 Å². The summed E-state index contributed by atoms with van der Waals surface area (Å²) in [5.41, 5.74) is 0. The van der Waals surface area contributed by atoms with Crippen molar-refractivity contribution in [3.8, 4) is 0 Å². The van der Waals surface area contributed by atoms with E-state index >= 15 is 0 Å². The first kappa shape index (κ1) is 14.0. The molecule has 2 N–H and O–H groups in total. The number of rotatable bonds is 4. The maximum absolute atomic E-state index is 9.29. The molecule has 0 aliphatic rings. The van der Waals surface area contributed by atoms with Gasteiger partial charge in [-0.25, -0.2) is 0 Å². The molecule has 3 nitrogen and oxygen atoms in total. The predicted molar refractivity (Wildman–Crippen MR) is 54.5 cm³/mol. The van der Waals surface area contributed by atoms with Gasteiger partial charge in [0.1, 0.15) is 0 Å². The van der Waals surface area contributed by atoms with Crippen molar-refractivity contribution in [2.45, 2.75) is 13.3 Å². The molecule has 0 atom stereocenters. The SMILES string of the molecule is CCCSSO.O=C(O)CS. The first-order valence-electron chi connectivity index (χ1n) is 2.94. The van der Waals surface area contributed by atoms with Gasteiger partial charge < -0.3 is 9.66 Å². The largest absolute Gasteiger partial charge is 0.481 e. The van der Waals surface area contributed by atoms with Gasteiger partial charge in [-0.1, -0.05) is 17.7 Å². The van der Waals surface area contributed by atoms with E-state index in [1.165, 1.54) is 10.8 Å². The lowest BCUT2D eigenvalue weighted by atomic mass is 10.6. The molecule has 0 aromatic heterocycles. The van der Waals surface area contributed by atoms with Crippen molar-refractivity contribution < 1.29 is 14.5 Å². The van der Waals surface area contributed by atoms with Crippen LogP contribution in [0.3, 0.4) is 0 Å². The Morgan fingerprint density at radius 3 is 2.18 bits per heavy atom. The van der Waals surface area contributed by atoms with Crippen LogP contribution in [-0.2, 0) is 4.79 Å². The van der Waals surface area contributed by atoms with Gasteiger partial charge in [0.25, 0.3) is 0 Å². The van der Waals surface area contributed by atoms with Crippen LogP contribution in [0.2, 0.25) is 0 Å². The highest BCUT2D eigenvalue weighted by molar-refractivity contribution is 8.74. The van der Waals surface area contributed by atoms with Gasteiger partial charge in [-0.3, -0.25) is 4.79 Å². The van der Waals surface area contributed by atoms with Gasteiger partial charge in [-0.05, 0) is 6.42 Å². The van der Waals surface area contributed by atoms with E-state index in [0.29, 0.717) is 0 Å². The lowest BCUT2D eigenvalue weighted by Crippen LogP contribution is -1.92. The Hall–Kier alpha value is 0.480. The number of aliphatic carboxylic acids is 1. The average Bonchev–Trinajstić information content (AvgIpc) is 2.02. The number of carboxylic acid groups (broad SMARTS) is 1. The van der Waals surface area contributed by atoms with Crippen LogP contribution in [0.4, 0.5) is 0 Å². The second kappa shape index (κ2) is 13.1.